The number of pyridine rings is 1. The maximum absolute atomic E-state index is 12.6. The zero-order valence-corrected chi connectivity index (χ0v) is 9.80. The van der Waals surface area contributed by atoms with Gasteiger partial charge in [-0.1, -0.05) is 0 Å². The van der Waals surface area contributed by atoms with Crippen molar-refractivity contribution >= 4 is 5.97 Å². The molecule has 8 heteroatoms. The first-order chi connectivity index (χ1) is 8.75. The van der Waals surface area contributed by atoms with E-state index in [1.54, 1.807) is 0 Å². The second kappa shape index (κ2) is 5.94. The summed E-state index contributed by atoms with van der Waals surface area (Å²) in [5.74, 6) is -0.748. The van der Waals surface area contributed by atoms with Crippen LogP contribution in [0.25, 0.3) is 0 Å². The Hall–Kier alpha value is -1.73. The molecule has 0 radical (unpaired) electrons. The van der Waals surface area contributed by atoms with Gasteiger partial charge in [-0.25, -0.2) is 8.78 Å². The van der Waals surface area contributed by atoms with Crippen LogP contribution in [0.15, 0.2) is 12.3 Å². The lowest BCUT2D eigenvalue weighted by molar-refractivity contribution is -0.143. The zero-order chi connectivity index (χ0) is 14.6. The highest BCUT2D eigenvalue weighted by molar-refractivity contribution is 5.72. The van der Waals surface area contributed by atoms with Crippen molar-refractivity contribution in [2.45, 2.75) is 25.9 Å². The Morgan fingerprint density at radius 1 is 1.42 bits per heavy atom. The molecule has 0 saturated carbocycles. The molecule has 0 saturated heterocycles. The molecular formula is C11H10F5NO2. The number of aromatic nitrogens is 1. The van der Waals surface area contributed by atoms with E-state index in [2.05, 4.69) is 9.72 Å². The summed E-state index contributed by atoms with van der Waals surface area (Å²) in [6.45, 7) is 1.62. The molecule has 0 N–H and O–H groups in total. The van der Waals surface area contributed by atoms with Crippen molar-refractivity contribution in [1.29, 1.82) is 0 Å². The Labute approximate surface area is 105 Å². The Bertz CT molecular complexity index is 459. The SMILES string of the molecule is CCOC(=O)Cc1cnc(C(F)F)c(C(F)(F)F)c1. The minimum atomic E-state index is -4.95. The maximum Gasteiger partial charge on any atom is 0.418 e. The fourth-order valence-corrected chi connectivity index (χ4v) is 1.39. The number of carbonyl (C=O) groups excluding carboxylic acids is 1. The molecule has 1 heterocycles. The lowest BCUT2D eigenvalue weighted by Gasteiger charge is -2.12. The van der Waals surface area contributed by atoms with Gasteiger partial charge >= 0.3 is 12.1 Å². The van der Waals surface area contributed by atoms with Crippen molar-refractivity contribution in [2.24, 2.45) is 0 Å². The van der Waals surface area contributed by atoms with E-state index in [1.807, 2.05) is 0 Å². The molecule has 1 aromatic rings. The standard InChI is InChI=1S/C11H10F5NO2/c1-2-19-8(18)4-6-3-7(11(14,15)16)9(10(12)13)17-5-6/h3,5,10H,2,4H2,1H3. The molecule has 0 bridgehead atoms. The van der Waals surface area contributed by atoms with Gasteiger partial charge in [-0.15, -0.1) is 0 Å². The van der Waals surface area contributed by atoms with Crippen molar-refractivity contribution in [3.05, 3.63) is 29.1 Å². The van der Waals surface area contributed by atoms with Gasteiger partial charge in [0.1, 0.15) is 5.69 Å². The van der Waals surface area contributed by atoms with Gasteiger partial charge < -0.3 is 4.74 Å². The van der Waals surface area contributed by atoms with E-state index in [-0.39, 0.29) is 12.2 Å². The monoisotopic (exact) mass is 283 g/mol. The predicted octanol–water partition coefficient (Wildman–Crippen LogP) is 3.14. The molecule has 1 aromatic heterocycles. The van der Waals surface area contributed by atoms with Gasteiger partial charge in [0.15, 0.2) is 0 Å². The highest BCUT2D eigenvalue weighted by Crippen LogP contribution is 2.35. The molecule has 0 atom stereocenters. The molecule has 0 aliphatic heterocycles. The van der Waals surface area contributed by atoms with E-state index < -0.39 is 36.2 Å². The number of ether oxygens (including phenoxy) is 1. The Morgan fingerprint density at radius 3 is 2.53 bits per heavy atom. The smallest absolute Gasteiger partial charge is 0.418 e. The molecule has 1 rings (SSSR count). The van der Waals surface area contributed by atoms with Crippen LogP contribution in [0.5, 0.6) is 0 Å². The minimum Gasteiger partial charge on any atom is -0.466 e. The maximum atomic E-state index is 12.6. The number of esters is 1. The molecule has 0 amide bonds. The molecule has 0 aliphatic carbocycles. The fraction of sp³-hybridized carbons (Fsp3) is 0.455. The second-order valence-electron chi connectivity index (χ2n) is 3.56. The van der Waals surface area contributed by atoms with Gasteiger partial charge in [-0.2, -0.15) is 13.2 Å². The summed E-state index contributed by atoms with van der Waals surface area (Å²) < 4.78 is 67.1. The largest absolute Gasteiger partial charge is 0.466 e. The fourth-order valence-electron chi connectivity index (χ4n) is 1.39. The highest BCUT2D eigenvalue weighted by Gasteiger charge is 2.37. The van der Waals surface area contributed by atoms with E-state index in [9.17, 15) is 26.7 Å². The summed E-state index contributed by atoms with van der Waals surface area (Å²) in [7, 11) is 0. The highest BCUT2D eigenvalue weighted by atomic mass is 19.4. The number of halogens is 5. The van der Waals surface area contributed by atoms with Crippen LogP contribution in [0, 0.1) is 0 Å². The molecule has 19 heavy (non-hydrogen) atoms. The third-order valence-electron chi connectivity index (χ3n) is 2.14. The van der Waals surface area contributed by atoms with Crippen LogP contribution in [-0.4, -0.2) is 17.6 Å². The van der Waals surface area contributed by atoms with Crippen LogP contribution in [0.3, 0.4) is 0 Å². The zero-order valence-electron chi connectivity index (χ0n) is 9.80. The quantitative estimate of drug-likeness (QED) is 0.629. The van der Waals surface area contributed by atoms with Crippen molar-refractivity contribution in [3.8, 4) is 0 Å². The molecule has 0 aromatic carbocycles. The van der Waals surface area contributed by atoms with Crippen molar-refractivity contribution in [3.63, 3.8) is 0 Å². The van der Waals surface area contributed by atoms with E-state index in [1.165, 1.54) is 6.92 Å². The van der Waals surface area contributed by atoms with E-state index in [0.717, 1.165) is 6.20 Å². The van der Waals surface area contributed by atoms with Crippen LogP contribution >= 0.6 is 0 Å². The summed E-state index contributed by atoms with van der Waals surface area (Å²) >= 11 is 0. The summed E-state index contributed by atoms with van der Waals surface area (Å²) in [6.07, 6.45) is -7.93. The van der Waals surface area contributed by atoms with E-state index in [4.69, 9.17) is 0 Å². The number of hydrogen-bond donors (Lipinski definition) is 0. The lowest BCUT2D eigenvalue weighted by atomic mass is 10.1. The van der Waals surface area contributed by atoms with Crippen molar-refractivity contribution < 1.29 is 31.5 Å². The van der Waals surface area contributed by atoms with Crippen LogP contribution in [-0.2, 0) is 22.1 Å². The van der Waals surface area contributed by atoms with E-state index >= 15 is 0 Å². The first kappa shape index (κ1) is 15.3. The molecule has 0 spiro atoms. The molecule has 3 nitrogen and oxygen atoms in total. The van der Waals surface area contributed by atoms with Crippen LogP contribution in [0.2, 0.25) is 0 Å². The first-order valence-corrected chi connectivity index (χ1v) is 5.25. The van der Waals surface area contributed by atoms with Crippen LogP contribution in [0.4, 0.5) is 22.0 Å². The van der Waals surface area contributed by atoms with Gasteiger partial charge in [0.05, 0.1) is 18.6 Å². The molecule has 0 fully saturated rings. The minimum absolute atomic E-state index is 0.0769. The summed E-state index contributed by atoms with van der Waals surface area (Å²) in [4.78, 5) is 14.2. The molecule has 106 valence electrons. The third kappa shape index (κ3) is 4.15. The van der Waals surface area contributed by atoms with Crippen molar-refractivity contribution in [1.82, 2.24) is 4.98 Å². The number of nitrogens with zero attached hydrogens (tertiary/aromatic N) is 1. The first-order valence-electron chi connectivity index (χ1n) is 5.25. The number of hydrogen-bond acceptors (Lipinski definition) is 3. The van der Waals surface area contributed by atoms with Gasteiger partial charge in [0, 0.05) is 6.20 Å². The van der Waals surface area contributed by atoms with Crippen LogP contribution in [0.1, 0.15) is 30.2 Å². The Morgan fingerprint density at radius 2 is 2.05 bits per heavy atom. The van der Waals surface area contributed by atoms with Gasteiger partial charge in [-0.3, -0.25) is 9.78 Å². The number of rotatable bonds is 4. The topological polar surface area (TPSA) is 39.2 Å². The molecule has 0 unspecified atom stereocenters. The number of alkyl halides is 5. The number of carbonyl (C=O) groups is 1. The summed E-state index contributed by atoms with van der Waals surface area (Å²) in [5, 5.41) is 0. The predicted molar refractivity (Wildman–Crippen MR) is 54.5 cm³/mol. The normalized spacial score (nSPS) is 11.7. The van der Waals surface area contributed by atoms with Gasteiger partial charge in [0.25, 0.3) is 6.43 Å². The Kier molecular flexibility index (Phi) is 4.79. The Balaban J connectivity index is 3.09. The molecular weight excluding hydrogens is 273 g/mol. The van der Waals surface area contributed by atoms with Gasteiger partial charge in [-0.05, 0) is 18.6 Å². The average molecular weight is 283 g/mol. The van der Waals surface area contributed by atoms with Crippen LogP contribution < -0.4 is 0 Å². The van der Waals surface area contributed by atoms with Gasteiger partial charge in [0.2, 0.25) is 0 Å². The lowest BCUT2D eigenvalue weighted by Crippen LogP contribution is -2.14. The summed E-state index contributed by atoms with van der Waals surface area (Å²) in [5.41, 5.74) is -3.01. The third-order valence-corrected chi connectivity index (χ3v) is 2.14. The molecule has 0 aliphatic rings. The second-order valence-corrected chi connectivity index (χ2v) is 3.56. The van der Waals surface area contributed by atoms with Crippen molar-refractivity contribution in [2.75, 3.05) is 6.61 Å². The summed E-state index contributed by atoms with van der Waals surface area (Å²) in [6, 6.07) is 0.491. The average Bonchev–Trinajstić information content (AvgIpc) is 2.27. The van der Waals surface area contributed by atoms with E-state index in [0.29, 0.717) is 6.07 Å².